The maximum atomic E-state index is 5.35. The number of hydrogen-bond acceptors (Lipinski definition) is 2. The lowest BCUT2D eigenvalue weighted by Gasteiger charge is -2.05. The van der Waals surface area contributed by atoms with E-state index in [1.165, 1.54) is 27.4 Å². The molecule has 0 unspecified atom stereocenters. The predicted octanol–water partition coefficient (Wildman–Crippen LogP) is 4.70. The molecule has 0 fully saturated rings. The van der Waals surface area contributed by atoms with Crippen molar-refractivity contribution in [3.8, 4) is 0 Å². The zero-order chi connectivity index (χ0) is 15.6. The zero-order valence-corrected chi connectivity index (χ0v) is 13.3. The molecule has 1 N–H and O–H groups in total. The van der Waals surface area contributed by atoms with Gasteiger partial charge >= 0.3 is 0 Å². The van der Waals surface area contributed by atoms with Crippen molar-refractivity contribution in [2.45, 2.75) is 26.6 Å². The van der Waals surface area contributed by atoms with Crippen LogP contribution in [0.25, 0.3) is 21.8 Å². The maximum absolute atomic E-state index is 5.35. The van der Waals surface area contributed by atoms with Crippen molar-refractivity contribution in [1.82, 2.24) is 9.88 Å². The fourth-order valence-electron chi connectivity index (χ4n) is 3.29. The highest BCUT2D eigenvalue weighted by Gasteiger charge is 2.09. The van der Waals surface area contributed by atoms with Crippen LogP contribution in [0.1, 0.15) is 18.2 Å². The average Bonchev–Trinajstić information content (AvgIpc) is 3.20. The summed E-state index contributed by atoms with van der Waals surface area (Å²) in [6.45, 7) is 4.77. The highest BCUT2D eigenvalue weighted by molar-refractivity contribution is 6.08. The van der Waals surface area contributed by atoms with Crippen molar-refractivity contribution in [2.75, 3.05) is 0 Å². The molecule has 0 aliphatic rings. The first-order valence-corrected chi connectivity index (χ1v) is 8.10. The Kier molecular flexibility index (Phi) is 3.64. The minimum atomic E-state index is 0.752. The fraction of sp³-hybridized carbons (Fsp3) is 0.200. The van der Waals surface area contributed by atoms with Crippen LogP contribution in [0.15, 0.2) is 65.3 Å². The molecule has 0 atom stereocenters. The van der Waals surface area contributed by atoms with E-state index in [4.69, 9.17) is 4.42 Å². The van der Waals surface area contributed by atoms with E-state index in [0.29, 0.717) is 0 Å². The Balaban J connectivity index is 1.66. The number of fused-ring (bicyclic) bond motifs is 3. The van der Waals surface area contributed by atoms with Crippen LogP contribution in [0, 0.1) is 0 Å². The third-order valence-corrected chi connectivity index (χ3v) is 4.36. The number of hydrogen-bond donors (Lipinski definition) is 1. The van der Waals surface area contributed by atoms with Gasteiger partial charge in [0.15, 0.2) is 0 Å². The van der Waals surface area contributed by atoms with Crippen molar-refractivity contribution in [1.29, 1.82) is 0 Å². The van der Waals surface area contributed by atoms with Crippen LogP contribution in [0.5, 0.6) is 0 Å². The highest BCUT2D eigenvalue weighted by Crippen LogP contribution is 2.29. The second-order valence-electron chi connectivity index (χ2n) is 5.80. The number of furan rings is 1. The lowest BCUT2D eigenvalue weighted by Crippen LogP contribution is -2.11. The standard InChI is InChI=1S/C20H20N2O/c1-2-22-19-8-4-3-7-17(19)18-12-15(9-10-20(18)22)13-21-14-16-6-5-11-23-16/h3-12,21H,2,13-14H2,1H3. The van der Waals surface area contributed by atoms with Gasteiger partial charge in [0.2, 0.25) is 0 Å². The molecule has 116 valence electrons. The summed E-state index contributed by atoms with van der Waals surface area (Å²) < 4.78 is 7.73. The van der Waals surface area contributed by atoms with Gasteiger partial charge in [0.1, 0.15) is 5.76 Å². The number of aromatic nitrogens is 1. The summed E-state index contributed by atoms with van der Waals surface area (Å²) in [5.41, 5.74) is 3.91. The van der Waals surface area contributed by atoms with E-state index in [0.717, 1.165) is 25.4 Å². The van der Waals surface area contributed by atoms with Crippen LogP contribution in [0.3, 0.4) is 0 Å². The van der Waals surface area contributed by atoms with E-state index < -0.39 is 0 Å². The van der Waals surface area contributed by atoms with Crippen molar-refractivity contribution in [3.63, 3.8) is 0 Å². The number of aryl methyl sites for hydroxylation is 1. The summed E-state index contributed by atoms with van der Waals surface area (Å²) >= 11 is 0. The Bertz CT molecular complexity index is 935. The van der Waals surface area contributed by atoms with Crippen molar-refractivity contribution in [2.24, 2.45) is 0 Å². The van der Waals surface area contributed by atoms with E-state index in [9.17, 15) is 0 Å². The van der Waals surface area contributed by atoms with E-state index in [1.807, 2.05) is 12.1 Å². The van der Waals surface area contributed by atoms with E-state index >= 15 is 0 Å². The topological polar surface area (TPSA) is 30.1 Å². The van der Waals surface area contributed by atoms with Gasteiger partial charge in [-0.05, 0) is 42.8 Å². The Morgan fingerprint density at radius 2 is 1.78 bits per heavy atom. The van der Waals surface area contributed by atoms with Crippen molar-refractivity contribution < 1.29 is 4.42 Å². The van der Waals surface area contributed by atoms with E-state index in [2.05, 4.69) is 59.3 Å². The van der Waals surface area contributed by atoms with Crippen LogP contribution in [-0.2, 0) is 19.6 Å². The number of benzene rings is 2. The molecule has 0 saturated heterocycles. The lowest BCUT2D eigenvalue weighted by atomic mass is 10.1. The first kappa shape index (κ1) is 14.1. The van der Waals surface area contributed by atoms with Crippen molar-refractivity contribution in [3.05, 3.63) is 72.2 Å². The first-order chi connectivity index (χ1) is 11.4. The van der Waals surface area contributed by atoms with Gasteiger partial charge in [-0.1, -0.05) is 24.3 Å². The Hall–Kier alpha value is -2.52. The normalized spacial score (nSPS) is 11.5. The Labute approximate surface area is 135 Å². The van der Waals surface area contributed by atoms with Crippen molar-refractivity contribution >= 4 is 21.8 Å². The molecule has 3 heteroatoms. The Morgan fingerprint density at radius 1 is 0.913 bits per heavy atom. The van der Waals surface area contributed by atoms with Crippen LogP contribution in [0.4, 0.5) is 0 Å². The van der Waals surface area contributed by atoms with Gasteiger partial charge in [-0.25, -0.2) is 0 Å². The molecule has 0 radical (unpaired) electrons. The minimum absolute atomic E-state index is 0.752. The molecule has 4 rings (SSSR count). The molecule has 4 aromatic rings. The average molecular weight is 304 g/mol. The number of nitrogens with one attached hydrogen (secondary N) is 1. The maximum Gasteiger partial charge on any atom is 0.117 e. The third kappa shape index (κ3) is 2.53. The fourth-order valence-corrected chi connectivity index (χ4v) is 3.29. The van der Waals surface area contributed by atoms with Gasteiger partial charge < -0.3 is 14.3 Å². The quantitative estimate of drug-likeness (QED) is 0.579. The summed E-state index contributed by atoms with van der Waals surface area (Å²) in [5.74, 6) is 0.966. The second kappa shape index (κ2) is 5.94. The monoisotopic (exact) mass is 304 g/mol. The molecule has 0 amide bonds. The van der Waals surface area contributed by atoms with Gasteiger partial charge in [0, 0.05) is 34.9 Å². The summed E-state index contributed by atoms with van der Waals surface area (Å²) in [5, 5.41) is 6.10. The van der Waals surface area contributed by atoms with Gasteiger partial charge in [-0.2, -0.15) is 0 Å². The number of para-hydroxylation sites is 1. The van der Waals surface area contributed by atoms with Crippen LogP contribution in [0.2, 0.25) is 0 Å². The molecule has 0 aliphatic heterocycles. The molecule has 0 saturated carbocycles. The predicted molar refractivity (Wildman–Crippen MR) is 94.4 cm³/mol. The van der Waals surface area contributed by atoms with Gasteiger partial charge in [-0.15, -0.1) is 0 Å². The first-order valence-electron chi connectivity index (χ1n) is 8.10. The molecule has 23 heavy (non-hydrogen) atoms. The summed E-state index contributed by atoms with van der Waals surface area (Å²) in [7, 11) is 0. The molecule has 2 heterocycles. The van der Waals surface area contributed by atoms with Gasteiger partial charge in [0.25, 0.3) is 0 Å². The summed E-state index contributed by atoms with van der Waals surface area (Å²) in [4.78, 5) is 0. The zero-order valence-electron chi connectivity index (χ0n) is 13.3. The largest absolute Gasteiger partial charge is 0.468 e. The summed E-state index contributed by atoms with van der Waals surface area (Å²) in [6, 6.07) is 19.3. The smallest absolute Gasteiger partial charge is 0.117 e. The van der Waals surface area contributed by atoms with Crippen LogP contribution < -0.4 is 5.32 Å². The van der Waals surface area contributed by atoms with Gasteiger partial charge in [-0.3, -0.25) is 0 Å². The summed E-state index contributed by atoms with van der Waals surface area (Å²) in [6.07, 6.45) is 1.71. The number of rotatable bonds is 5. The molecular weight excluding hydrogens is 284 g/mol. The lowest BCUT2D eigenvalue weighted by molar-refractivity contribution is 0.483. The SMILES string of the molecule is CCn1c2ccccc2c2cc(CNCc3ccco3)ccc21. The van der Waals surface area contributed by atoms with Gasteiger partial charge in [0.05, 0.1) is 12.8 Å². The molecule has 0 spiro atoms. The van der Waals surface area contributed by atoms with E-state index in [1.54, 1.807) is 6.26 Å². The molecule has 0 aliphatic carbocycles. The second-order valence-corrected chi connectivity index (χ2v) is 5.80. The van der Waals surface area contributed by atoms with Crippen LogP contribution in [-0.4, -0.2) is 4.57 Å². The minimum Gasteiger partial charge on any atom is -0.468 e. The van der Waals surface area contributed by atoms with Crippen LogP contribution >= 0.6 is 0 Å². The molecular formula is C20H20N2O. The molecule has 0 bridgehead atoms. The Morgan fingerprint density at radius 3 is 2.61 bits per heavy atom. The van der Waals surface area contributed by atoms with E-state index in [-0.39, 0.29) is 0 Å². The molecule has 2 aromatic heterocycles. The molecule has 3 nitrogen and oxygen atoms in total. The molecule has 2 aromatic carbocycles. The third-order valence-electron chi connectivity index (χ3n) is 4.36. The number of nitrogens with zero attached hydrogens (tertiary/aromatic N) is 1. The highest BCUT2D eigenvalue weighted by atomic mass is 16.3.